The van der Waals surface area contributed by atoms with Crippen LogP contribution < -0.4 is 16.0 Å². The second kappa shape index (κ2) is 13.1. The molecule has 1 aromatic heterocycles. The largest absolute Gasteiger partial charge is 0.379 e. The van der Waals surface area contributed by atoms with Crippen molar-refractivity contribution in [2.75, 3.05) is 83.6 Å². The molecule has 0 atom stereocenters. The Labute approximate surface area is 184 Å². The Hall–Kier alpha value is -1.24. The minimum atomic E-state index is 0. The smallest absolute Gasteiger partial charge is 0.225 e. The molecular formula is C18H33IN8O. The number of nitrogens with two attached hydrogens (primary N) is 1. The Balaban J connectivity index is 0.00000280. The third kappa shape index (κ3) is 8.02. The molecule has 2 saturated heterocycles. The van der Waals surface area contributed by atoms with Gasteiger partial charge in [0, 0.05) is 77.8 Å². The van der Waals surface area contributed by atoms with Crippen LogP contribution in [0.25, 0.3) is 0 Å². The number of halogens is 1. The van der Waals surface area contributed by atoms with E-state index in [1.165, 1.54) is 0 Å². The molecule has 0 bridgehead atoms. The third-order valence-corrected chi connectivity index (χ3v) is 4.96. The van der Waals surface area contributed by atoms with Gasteiger partial charge >= 0.3 is 0 Å². The number of morpholine rings is 1. The number of nitrogens with zero attached hydrogens (tertiary/aromatic N) is 6. The summed E-state index contributed by atoms with van der Waals surface area (Å²) in [6, 6.07) is 1.85. The van der Waals surface area contributed by atoms with Gasteiger partial charge in [0.05, 0.1) is 13.2 Å². The fourth-order valence-corrected chi connectivity index (χ4v) is 3.34. The fraction of sp³-hybridized carbons (Fsp3) is 0.722. The summed E-state index contributed by atoms with van der Waals surface area (Å²) in [4.78, 5) is 20.1. The van der Waals surface area contributed by atoms with Crippen molar-refractivity contribution < 1.29 is 4.74 Å². The van der Waals surface area contributed by atoms with Crippen molar-refractivity contribution in [2.45, 2.75) is 6.42 Å². The van der Waals surface area contributed by atoms with Crippen molar-refractivity contribution in [3.8, 4) is 0 Å². The van der Waals surface area contributed by atoms with Crippen LogP contribution in [0.1, 0.15) is 6.42 Å². The summed E-state index contributed by atoms with van der Waals surface area (Å²) in [6.45, 7) is 11.3. The number of anilines is 1. The Morgan fingerprint density at radius 1 is 1.04 bits per heavy atom. The van der Waals surface area contributed by atoms with Gasteiger partial charge in [-0.2, -0.15) is 0 Å². The van der Waals surface area contributed by atoms with Crippen LogP contribution in [0.3, 0.4) is 0 Å². The number of hydrogen-bond acceptors (Lipinski definition) is 7. The predicted octanol–water partition coefficient (Wildman–Crippen LogP) is -0.157. The van der Waals surface area contributed by atoms with E-state index in [4.69, 9.17) is 10.5 Å². The first-order valence-corrected chi connectivity index (χ1v) is 9.89. The molecule has 3 rings (SSSR count). The second-order valence-electron chi connectivity index (χ2n) is 6.88. The predicted molar refractivity (Wildman–Crippen MR) is 122 cm³/mol. The van der Waals surface area contributed by atoms with Crippen molar-refractivity contribution >= 4 is 35.9 Å². The third-order valence-electron chi connectivity index (χ3n) is 4.96. The Morgan fingerprint density at radius 3 is 2.43 bits per heavy atom. The summed E-state index contributed by atoms with van der Waals surface area (Å²) in [6.07, 6.45) is 4.62. The van der Waals surface area contributed by atoms with Crippen molar-refractivity contribution in [3.63, 3.8) is 0 Å². The molecule has 0 saturated carbocycles. The van der Waals surface area contributed by atoms with Crippen molar-refractivity contribution in [3.05, 3.63) is 18.5 Å². The zero-order chi connectivity index (χ0) is 18.7. The van der Waals surface area contributed by atoms with Gasteiger partial charge in [0.25, 0.3) is 0 Å². The van der Waals surface area contributed by atoms with Gasteiger partial charge in [-0.1, -0.05) is 0 Å². The first-order chi connectivity index (χ1) is 13.3. The number of guanidine groups is 1. The van der Waals surface area contributed by atoms with E-state index in [2.05, 4.69) is 35.0 Å². The minimum Gasteiger partial charge on any atom is -0.379 e. The average molecular weight is 504 g/mol. The summed E-state index contributed by atoms with van der Waals surface area (Å²) in [5.74, 6) is 1.37. The zero-order valence-electron chi connectivity index (χ0n) is 16.5. The number of aromatic nitrogens is 2. The summed E-state index contributed by atoms with van der Waals surface area (Å²) in [5, 5.41) is 3.23. The van der Waals surface area contributed by atoms with E-state index in [9.17, 15) is 0 Å². The standard InChI is InChI=1S/C18H32N8O.HI/c19-17(20-5-2-7-24-13-15-27-16-14-24)21-6-8-25-9-11-26(12-10-25)18-22-3-1-4-23-18;/h1,3-4H,2,5-16H2,(H3,19,20,21);1H. The summed E-state index contributed by atoms with van der Waals surface area (Å²) in [7, 11) is 0. The van der Waals surface area contributed by atoms with Crippen molar-refractivity contribution in [1.29, 1.82) is 0 Å². The zero-order valence-corrected chi connectivity index (χ0v) is 18.8. The molecule has 3 N–H and O–H groups in total. The molecule has 0 aromatic carbocycles. The maximum atomic E-state index is 5.97. The molecule has 28 heavy (non-hydrogen) atoms. The van der Waals surface area contributed by atoms with Crippen molar-refractivity contribution in [2.24, 2.45) is 10.7 Å². The molecule has 3 heterocycles. The van der Waals surface area contributed by atoms with Gasteiger partial charge in [0.1, 0.15) is 0 Å². The lowest BCUT2D eigenvalue weighted by molar-refractivity contribution is 0.0377. The molecule has 2 aliphatic rings. The van der Waals surface area contributed by atoms with E-state index in [1.807, 2.05) is 6.07 Å². The highest BCUT2D eigenvalue weighted by atomic mass is 127. The molecule has 0 spiro atoms. The van der Waals surface area contributed by atoms with Crippen LogP contribution in [0, 0.1) is 0 Å². The number of hydrogen-bond donors (Lipinski definition) is 2. The molecular weight excluding hydrogens is 471 g/mol. The highest BCUT2D eigenvalue weighted by molar-refractivity contribution is 14.0. The van der Waals surface area contributed by atoms with E-state index in [0.29, 0.717) is 5.96 Å². The van der Waals surface area contributed by atoms with Crippen LogP contribution in [0.2, 0.25) is 0 Å². The van der Waals surface area contributed by atoms with Crippen LogP contribution in [0.15, 0.2) is 23.5 Å². The maximum Gasteiger partial charge on any atom is 0.225 e. The number of aliphatic imine (C=N–C) groups is 1. The van der Waals surface area contributed by atoms with Crippen LogP contribution >= 0.6 is 24.0 Å². The van der Waals surface area contributed by atoms with E-state index in [0.717, 1.165) is 91.0 Å². The molecule has 2 aliphatic heterocycles. The number of nitrogens with one attached hydrogen (secondary N) is 1. The first kappa shape index (κ1) is 23.0. The first-order valence-electron chi connectivity index (χ1n) is 9.89. The van der Waals surface area contributed by atoms with E-state index in [-0.39, 0.29) is 24.0 Å². The van der Waals surface area contributed by atoms with Gasteiger partial charge in [-0.25, -0.2) is 9.97 Å². The van der Waals surface area contributed by atoms with E-state index < -0.39 is 0 Å². The molecule has 0 radical (unpaired) electrons. The van der Waals surface area contributed by atoms with Crippen LogP contribution in [-0.4, -0.2) is 104 Å². The molecule has 0 amide bonds. The lowest BCUT2D eigenvalue weighted by atomic mass is 10.3. The van der Waals surface area contributed by atoms with Crippen LogP contribution in [0.4, 0.5) is 5.95 Å². The van der Waals surface area contributed by atoms with Gasteiger partial charge in [-0.15, -0.1) is 24.0 Å². The Bertz CT molecular complexity index is 562. The fourth-order valence-electron chi connectivity index (χ4n) is 3.34. The summed E-state index contributed by atoms with van der Waals surface area (Å²) < 4.78 is 5.35. The maximum absolute atomic E-state index is 5.97. The highest BCUT2D eigenvalue weighted by Gasteiger charge is 2.18. The lowest BCUT2D eigenvalue weighted by Gasteiger charge is -2.34. The monoisotopic (exact) mass is 504 g/mol. The van der Waals surface area contributed by atoms with Gasteiger partial charge in [-0.3, -0.25) is 14.8 Å². The molecule has 0 unspecified atom stereocenters. The average Bonchev–Trinajstić information content (AvgIpc) is 2.73. The van der Waals surface area contributed by atoms with Gasteiger partial charge in [0.2, 0.25) is 5.95 Å². The Kier molecular flexibility index (Phi) is 10.8. The summed E-state index contributed by atoms with van der Waals surface area (Å²) in [5.41, 5.74) is 5.97. The molecule has 1 aromatic rings. The molecule has 9 nitrogen and oxygen atoms in total. The number of piperazine rings is 1. The van der Waals surface area contributed by atoms with E-state index in [1.54, 1.807) is 12.4 Å². The lowest BCUT2D eigenvalue weighted by Crippen LogP contribution is -2.49. The van der Waals surface area contributed by atoms with Gasteiger partial charge < -0.3 is 20.7 Å². The quantitative estimate of drug-likeness (QED) is 0.219. The normalized spacial score (nSPS) is 19.3. The van der Waals surface area contributed by atoms with Crippen molar-refractivity contribution in [1.82, 2.24) is 25.1 Å². The SMILES string of the molecule is I.NC(=NCCCN1CCOCC1)NCCN1CCN(c2ncccn2)CC1. The number of rotatable bonds is 8. The molecule has 10 heteroatoms. The van der Waals surface area contributed by atoms with Crippen LogP contribution in [-0.2, 0) is 4.74 Å². The second-order valence-corrected chi connectivity index (χ2v) is 6.88. The van der Waals surface area contributed by atoms with E-state index >= 15 is 0 Å². The number of ether oxygens (including phenoxy) is 1. The molecule has 158 valence electrons. The molecule has 0 aliphatic carbocycles. The highest BCUT2D eigenvalue weighted by Crippen LogP contribution is 2.09. The van der Waals surface area contributed by atoms with Gasteiger partial charge in [0.15, 0.2) is 5.96 Å². The van der Waals surface area contributed by atoms with Gasteiger partial charge in [-0.05, 0) is 12.5 Å². The topological polar surface area (TPSA) is 95.1 Å². The summed E-state index contributed by atoms with van der Waals surface area (Å²) >= 11 is 0. The van der Waals surface area contributed by atoms with Crippen LogP contribution in [0.5, 0.6) is 0 Å². The minimum absolute atomic E-state index is 0. The molecule has 2 fully saturated rings. The Morgan fingerprint density at radius 2 is 1.71 bits per heavy atom.